The fraction of sp³-hybridized carbons (Fsp3) is 0.529. The van der Waals surface area contributed by atoms with Crippen LogP contribution in [0.1, 0.15) is 38.2 Å². The average molecular weight is 323 g/mol. The Bertz CT molecular complexity index is 510. The summed E-state index contributed by atoms with van der Waals surface area (Å²) < 4.78 is 0. The van der Waals surface area contributed by atoms with Gasteiger partial charge in [-0.3, -0.25) is 9.59 Å². The van der Waals surface area contributed by atoms with Crippen LogP contribution in [0.25, 0.3) is 0 Å². The Morgan fingerprint density at radius 2 is 1.86 bits per heavy atom. The van der Waals surface area contributed by atoms with E-state index in [1.54, 1.807) is 11.8 Å². The fourth-order valence-corrected chi connectivity index (χ4v) is 3.05. The second-order valence-electron chi connectivity index (χ2n) is 5.81. The summed E-state index contributed by atoms with van der Waals surface area (Å²) in [6.07, 6.45) is 5.07. The highest BCUT2D eigenvalue weighted by Gasteiger charge is 2.25. The van der Waals surface area contributed by atoms with Crippen LogP contribution >= 0.6 is 11.6 Å². The molecule has 1 aromatic rings. The molecule has 1 N–H and O–H groups in total. The number of amides is 2. The van der Waals surface area contributed by atoms with Gasteiger partial charge in [0, 0.05) is 24.5 Å². The average Bonchev–Trinajstić information content (AvgIpc) is 3.00. The van der Waals surface area contributed by atoms with Crippen molar-refractivity contribution in [2.75, 3.05) is 13.1 Å². The van der Waals surface area contributed by atoms with Gasteiger partial charge >= 0.3 is 0 Å². The van der Waals surface area contributed by atoms with Gasteiger partial charge in [-0.15, -0.1) is 0 Å². The minimum atomic E-state index is -0.0870. The first kappa shape index (κ1) is 16.8. The maximum Gasteiger partial charge on any atom is 0.239 e. The molecule has 1 aliphatic carbocycles. The molecule has 4 nitrogen and oxygen atoms in total. The van der Waals surface area contributed by atoms with E-state index >= 15 is 0 Å². The van der Waals surface area contributed by atoms with E-state index < -0.39 is 0 Å². The number of nitrogens with one attached hydrogen (secondary N) is 1. The highest BCUT2D eigenvalue weighted by Crippen LogP contribution is 2.23. The van der Waals surface area contributed by atoms with Crippen molar-refractivity contribution in [2.45, 2.75) is 45.1 Å². The molecule has 2 amide bonds. The molecular weight excluding hydrogens is 300 g/mol. The van der Waals surface area contributed by atoms with Gasteiger partial charge in [-0.1, -0.05) is 36.6 Å². The summed E-state index contributed by atoms with van der Waals surface area (Å²) in [6.45, 7) is 2.27. The molecule has 5 heteroatoms. The lowest BCUT2D eigenvalue weighted by molar-refractivity contribution is -0.136. The molecule has 120 valence electrons. The van der Waals surface area contributed by atoms with Crippen molar-refractivity contribution in [1.82, 2.24) is 10.2 Å². The number of carbonyl (C=O) groups excluding carboxylic acids is 2. The molecule has 0 heterocycles. The lowest BCUT2D eigenvalue weighted by atomic mass is 10.1. The Labute approximate surface area is 136 Å². The minimum Gasteiger partial charge on any atom is -0.354 e. The smallest absolute Gasteiger partial charge is 0.239 e. The Hall–Kier alpha value is -1.55. The van der Waals surface area contributed by atoms with E-state index in [9.17, 15) is 9.59 Å². The van der Waals surface area contributed by atoms with Crippen molar-refractivity contribution in [3.05, 3.63) is 34.9 Å². The van der Waals surface area contributed by atoms with Gasteiger partial charge in [-0.05, 0) is 37.0 Å². The molecule has 1 fully saturated rings. The predicted molar refractivity (Wildman–Crippen MR) is 87.8 cm³/mol. The van der Waals surface area contributed by atoms with Gasteiger partial charge in [-0.25, -0.2) is 0 Å². The SMILES string of the molecule is CC(=O)N(CC(=O)NCCc1ccc(Cl)cc1)C1CCCC1. The van der Waals surface area contributed by atoms with Crippen molar-refractivity contribution in [1.29, 1.82) is 0 Å². The molecule has 22 heavy (non-hydrogen) atoms. The summed E-state index contributed by atoms with van der Waals surface area (Å²) >= 11 is 5.84. The number of benzene rings is 1. The molecule has 0 bridgehead atoms. The van der Waals surface area contributed by atoms with Crippen LogP contribution in [0.15, 0.2) is 24.3 Å². The molecule has 0 aromatic heterocycles. The van der Waals surface area contributed by atoms with Crippen LogP contribution in [-0.4, -0.2) is 35.8 Å². The first-order valence-corrected chi connectivity index (χ1v) is 8.22. The van der Waals surface area contributed by atoms with Crippen LogP contribution in [0.4, 0.5) is 0 Å². The summed E-state index contributed by atoms with van der Waals surface area (Å²) in [5.41, 5.74) is 1.13. The largest absolute Gasteiger partial charge is 0.354 e. The maximum absolute atomic E-state index is 12.0. The van der Waals surface area contributed by atoms with Crippen LogP contribution in [0.5, 0.6) is 0 Å². The summed E-state index contributed by atoms with van der Waals surface area (Å²) in [4.78, 5) is 25.5. The Kier molecular flexibility index (Phi) is 6.25. The van der Waals surface area contributed by atoms with Crippen molar-refractivity contribution < 1.29 is 9.59 Å². The lowest BCUT2D eigenvalue weighted by Gasteiger charge is -2.27. The summed E-state index contributed by atoms with van der Waals surface area (Å²) in [5.74, 6) is -0.101. The van der Waals surface area contributed by atoms with Gasteiger partial charge in [0.15, 0.2) is 0 Å². The predicted octanol–water partition coefficient (Wildman–Crippen LogP) is 2.79. The molecule has 1 aromatic carbocycles. The van der Waals surface area contributed by atoms with Gasteiger partial charge in [-0.2, -0.15) is 0 Å². The molecule has 0 spiro atoms. The molecular formula is C17H23ClN2O2. The number of nitrogens with zero attached hydrogens (tertiary/aromatic N) is 1. The maximum atomic E-state index is 12.0. The summed E-state index contributed by atoms with van der Waals surface area (Å²) in [7, 11) is 0. The molecule has 0 radical (unpaired) electrons. The monoisotopic (exact) mass is 322 g/mol. The second-order valence-corrected chi connectivity index (χ2v) is 6.25. The third-order valence-corrected chi connectivity index (χ3v) is 4.38. The molecule has 0 saturated heterocycles. The molecule has 1 saturated carbocycles. The Morgan fingerprint density at radius 3 is 2.45 bits per heavy atom. The quantitative estimate of drug-likeness (QED) is 0.875. The Morgan fingerprint density at radius 1 is 1.23 bits per heavy atom. The van der Waals surface area contributed by atoms with Gasteiger partial charge in [0.1, 0.15) is 0 Å². The molecule has 0 aliphatic heterocycles. The van der Waals surface area contributed by atoms with E-state index in [2.05, 4.69) is 5.32 Å². The summed E-state index contributed by atoms with van der Waals surface area (Å²) in [6, 6.07) is 7.83. The zero-order valence-electron chi connectivity index (χ0n) is 13.0. The second kappa shape index (κ2) is 8.18. The molecule has 2 rings (SSSR count). The lowest BCUT2D eigenvalue weighted by Crippen LogP contribution is -2.44. The topological polar surface area (TPSA) is 49.4 Å². The first-order valence-electron chi connectivity index (χ1n) is 7.84. The fourth-order valence-electron chi connectivity index (χ4n) is 2.92. The number of carbonyl (C=O) groups is 2. The number of halogens is 1. The van der Waals surface area contributed by atoms with Gasteiger partial charge in [0.25, 0.3) is 0 Å². The highest BCUT2D eigenvalue weighted by molar-refractivity contribution is 6.30. The third-order valence-electron chi connectivity index (χ3n) is 4.13. The van der Waals surface area contributed by atoms with E-state index in [0.29, 0.717) is 11.6 Å². The van der Waals surface area contributed by atoms with Crippen LogP contribution < -0.4 is 5.32 Å². The molecule has 1 aliphatic rings. The van der Waals surface area contributed by atoms with E-state index in [0.717, 1.165) is 37.7 Å². The zero-order chi connectivity index (χ0) is 15.9. The minimum absolute atomic E-state index is 0.0141. The van der Waals surface area contributed by atoms with Gasteiger partial charge in [0.05, 0.1) is 6.54 Å². The van der Waals surface area contributed by atoms with E-state index in [1.165, 1.54) is 0 Å². The van der Waals surface area contributed by atoms with Crippen molar-refractivity contribution in [3.8, 4) is 0 Å². The molecule has 0 unspecified atom stereocenters. The van der Waals surface area contributed by atoms with Gasteiger partial charge in [0.2, 0.25) is 11.8 Å². The van der Waals surface area contributed by atoms with E-state index in [4.69, 9.17) is 11.6 Å². The standard InChI is InChI=1S/C17H23ClN2O2/c1-13(21)20(16-4-2-3-5-16)12-17(22)19-11-10-14-6-8-15(18)9-7-14/h6-9,16H,2-5,10-12H2,1H3,(H,19,22). The zero-order valence-corrected chi connectivity index (χ0v) is 13.7. The van der Waals surface area contributed by atoms with E-state index in [-0.39, 0.29) is 24.4 Å². The molecule has 0 atom stereocenters. The van der Waals surface area contributed by atoms with E-state index in [1.807, 2.05) is 24.3 Å². The van der Waals surface area contributed by atoms with Crippen LogP contribution in [-0.2, 0) is 16.0 Å². The third kappa shape index (κ3) is 5.02. The Balaban J connectivity index is 1.76. The van der Waals surface area contributed by atoms with Crippen molar-refractivity contribution in [2.24, 2.45) is 0 Å². The number of rotatable bonds is 6. The number of hydrogen-bond donors (Lipinski definition) is 1. The summed E-state index contributed by atoms with van der Waals surface area (Å²) in [5, 5.41) is 3.60. The van der Waals surface area contributed by atoms with Crippen molar-refractivity contribution in [3.63, 3.8) is 0 Å². The van der Waals surface area contributed by atoms with Crippen LogP contribution in [0.2, 0.25) is 5.02 Å². The first-order chi connectivity index (χ1) is 10.6. The highest BCUT2D eigenvalue weighted by atomic mass is 35.5. The van der Waals surface area contributed by atoms with Gasteiger partial charge < -0.3 is 10.2 Å². The van der Waals surface area contributed by atoms with Crippen LogP contribution in [0, 0.1) is 0 Å². The normalized spacial score (nSPS) is 14.8. The van der Waals surface area contributed by atoms with Crippen molar-refractivity contribution >= 4 is 23.4 Å². The van der Waals surface area contributed by atoms with Crippen LogP contribution in [0.3, 0.4) is 0 Å². The number of hydrogen-bond acceptors (Lipinski definition) is 2.